The van der Waals surface area contributed by atoms with Crippen LogP contribution in [-0.4, -0.2) is 37.0 Å². The van der Waals surface area contributed by atoms with E-state index >= 15 is 0 Å². The van der Waals surface area contributed by atoms with E-state index in [0.717, 1.165) is 19.5 Å². The summed E-state index contributed by atoms with van der Waals surface area (Å²) in [6.45, 7) is 1.53. The van der Waals surface area contributed by atoms with E-state index in [1.165, 1.54) is 12.7 Å². The lowest BCUT2D eigenvalue weighted by Crippen LogP contribution is -2.28. The van der Waals surface area contributed by atoms with E-state index in [1.807, 2.05) is 23.1 Å². The summed E-state index contributed by atoms with van der Waals surface area (Å²) in [6.07, 6.45) is 1.41. The van der Waals surface area contributed by atoms with Gasteiger partial charge in [-0.3, -0.25) is 9.59 Å². The predicted molar refractivity (Wildman–Crippen MR) is 71.6 cm³/mol. The number of ether oxygens (including phenoxy) is 1. The molecular formula is C15H19NO3. The zero-order valence-electron chi connectivity index (χ0n) is 11.2. The molecule has 1 amide bonds. The normalized spacial score (nSPS) is 18.4. The van der Waals surface area contributed by atoms with Crippen molar-refractivity contribution in [1.82, 2.24) is 4.90 Å². The van der Waals surface area contributed by atoms with E-state index in [-0.39, 0.29) is 24.7 Å². The third-order valence-corrected chi connectivity index (χ3v) is 3.58. The van der Waals surface area contributed by atoms with Crippen molar-refractivity contribution in [2.45, 2.75) is 25.2 Å². The molecule has 1 aliphatic heterocycles. The Balaban J connectivity index is 1.85. The number of hydrogen-bond acceptors (Lipinski definition) is 3. The number of rotatable bonds is 4. The van der Waals surface area contributed by atoms with Crippen LogP contribution in [0.5, 0.6) is 0 Å². The fourth-order valence-corrected chi connectivity index (χ4v) is 2.45. The Morgan fingerprint density at radius 3 is 2.68 bits per heavy atom. The lowest BCUT2D eigenvalue weighted by Gasteiger charge is -2.16. The lowest BCUT2D eigenvalue weighted by atomic mass is 9.99. The minimum atomic E-state index is -0.327. The molecule has 1 aliphatic rings. The van der Waals surface area contributed by atoms with Crippen LogP contribution in [0.15, 0.2) is 30.3 Å². The van der Waals surface area contributed by atoms with Gasteiger partial charge < -0.3 is 9.64 Å². The van der Waals surface area contributed by atoms with Crippen LogP contribution in [0.25, 0.3) is 0 Å². The van der Waals surface area contributed by atoms with E-state index in [9.17, 15) is 9.59 Å². The summed E-state index contributed by atoms with van der Waals surface area (Å²) in [7, 11) is 1.34. The monoisotopic (exact) mass is 261 g/mol. The van der Waals surface area contributed by atoms with E-state index in [0.29, 0.717) is 5.92 Å². The average molecular weight is 261 g/mol. The van der Waals surface area contributed by atoms with E-state index in [1.54, 1.807) is 0 Å². The van der Waals surface area contributed by atoms with Gasteiger partial charge in [-0.1, -0.05) is 30.3 Å². The molecule has 0 aromatic heterocycles. The van der Waals surface area contributed by atoms with Gasteiger partial charge in [0.2, 0.25) is 5.91 Å². The number of esters is 1. The van der Waals surface area contributed by atoms with Gasteiger partial charge in [-0.2, -0.15) is 0 Å². The Labute approximate surface area is 113 Å². The summed E-state index contributed by atoms with van der Waals surface area (Å²) < 4.78 is 4.54. The number of carbonyl (C=O) groups excluding carboxylic acids is 2. The molecule has 0 bridgehead atoms. The number of hydrogen-bond donors (Lipinski definition) is 0. The first-order valence-electron chi connectivity index (χ1n) is 6.60. The highest BCUT2D eigenvalue weighted by molar-refractivity contribution is 5.81. The maximum Gasteiger partial charge on any atom is 0.306 e. The zero-order chi connectivity index (χ0) is 13.7. The van der Waals surface area contributed by atoms with Crippen LogP contribution in [0.4, 0.5) is 0 Å². The molecule has 4 heteroatoms. The van der Waals surface area contributed by atoms with Crippen LogP contribution in [0.1, 0.15) is 30.7 Å². The fourth-order valence-electron chi connectivity index (χ4n) is 2.45. The summed E-state index contributed by atoms with van der Waals surface area (Å²) in [5.41, 5.74) is 1.28. The maximum absolute atomic E-state index is 12.0. The largest absolute Gasteiger partial charge is 0.469 e. The minimum Gasteiger partial charge on any atom is -0.469 e. The molecule has 2 rings (SSSR count). The van der Waals surface area contributed by atoms with Crippen molar-refractivity contribution in [1.29, 1.82) is 0 Å². The zero-order valence-corrected chi connectivity index (χ0v) is 11.2. The molecule has 4 nitrogen and oxygen atoms in total. The molecule has 1 saturated heterocycles. The van der Waals surface area contributed by atoms with Gasteiger partial charge in [0, 0.05) is 25.4 Å². The van der Waals surface area contributed by atoms with Crippen molar-refractivity contribution in [2.75, 3.05) is 20.2 Å². The minimum absolute atomic E-state index is 0.0452. The third kappa shape index (κ3) is 3.56. The summed E-state index contributed by atoms with van der Waals surface area (Å²) in [6, 6.07) is 10.3. The van der Waals surface area contributed by atoms with Crippen LogP contribution >= 0.6 is 0 Å². The number of benzene rings is 1. The Bertz CT molecular complexity index is 444. The average Bonchev–Trinajstić information content (AvgIpc) is 2.95. The molecule has 1 aromatic carbocycles. The van der Waals surface area contributed by atoms with Gasteiger partial charge in [-0.15, -0.1) is 0 Å². The molecule has 0 spiro atoms. The number of carbonyl (C=O) groups is 2. The van der Waals surface area contributed by atoms with Crippen LogP contribution < -0.4 is 0 Å². The first kappa shape index (κ1) is 13.6. The van der Waals surface area contributed by atoms with E-state index < -0.39 is 0 Å². The van der Waals surface area contributed by atoms with Crippen LogP contribution in [0, 0.1) is 0 Å². The SMILES string of the molecule is COC(=O)CCC(=O)N1CC[C@H](c2ccccc2)C1. The highest BCUT2D eigenvalue weighted by atomic mass is 16.5. The lowest BCUT2D eigenvalue weighted by molar-refractivity contribution is -0.143. The molecule has 0 unspecified atom stereocenters. The van der Waals surface area contributed by atoms with Crippen LogP contribution in [-0.2, 0) is 14.3 Å². The topological polar surface area (TPSA) is 46.6 Å². The Morgan fingerprint density at radius 2 is 2.00 bits per heavy atom. The standard InChI is InChI=1S/C15H19NO3/c1-19-15(18)8-7-14(17)16-10-9-13(11-16)12-5-3-2-4-6-12/h2-6,13H,7-11H2,1H3/t13-/m0/s1. The number of amides is 1. The molecule has 1 aromatic rings. The molecule has 1 atom stereocenters. The van der Waals surface area contributed by atoms with Crippen molar-refractivity contribution in [2.24, 2.45) is 0 Å². The van der Waals surface area contributed by atoms with Gasteiger partial charge in [0.15, 0.2) is 0 Å². The van der Waals surface area contributed by atoms with E-state index in [4.69, 9.17) is 0 Å². The van der Waals surface area contributed by atoms with Crippen molar-refractivity contribution in [3.63, 3.8) is 0 Å². The number of methoxy groups -OCH3 is 1. The number of likely N-dealkylation sites (tertiary alicyclic amines) is 1. The second-order valence-electron chi connectivity index (χ2n) is 4.81. The summed E-state index contributed by atoms with van der Waals surface area (Å²) in [4.78, 5) is 24.8. The second-order valence-corrected chi connectivity index (χ2v) is 4.81. The van der Waals surface area contributed by atoms with Gasteiger partial charge in [-0.25, -0.2) is 0 Å². The van der Waals surface area contributed by atoms with Gasteiger partial charge in [0.25, 0.3) is 0 Å². The molecule has 0 aliphatic carbocycles. The predicted octanol–water partition coefficient (Wildman–Crippen LogP) is 1.96. The highest BCUT2D eigenvalue weighted by Gasteiger charge is 2.27. The molecule has 0 radical (unpaired) electrons. The third-order valence-electron chi connectivity index (χ3n) is 3.58. The van der Waals surface area contributed by atoms with Gasteiger partial charge in [-0.05, 0) is 12.0 Å². The van der Waals surface area contributed by atoms with Crippen molar-refractivity contribution in [3.8, 4) is 0 Å². The van der Waals surface area contributed by atoms with E-state index in [2.05, 4.69) is 16.9 Å². The molecular weight excluding hydrogens is 242 g/mol. The van der Waals surface area contributed by atoms with Crippen LogP contribution in [0.3, 0.4) is 0 Å². The van der Waals surface area contributed by atoms with Crippen molar-refractivity contribution >= 4 is 11.9 Å². The molecule has 102 valence electrons. The summed E-state index contributed by atoms with van der Waals surface area (Å²) in [5.74, 6) is 0.138. The van der Waals surface area contributed by atoms with Crippen LogP contribution in [0.2, 0.25) is 0 Å². The molecule has 0 saturated carbocycles. The Kier molecular flexibility index (Phi) is 4.55. The smallest absolute Gasteiger partial charge is 0.306 e. The second kappa shape index (κ2) is 6.36. The van der Waals surface area contributed by atoms with Gasteiger partial charge in [0.05, 0.1) is 13.5 Å². The summed E-state index contributed by atoms with van der Waals surface area (Å²) >= 11 is 0. The first-order chi connectivity index (χ1) is 9.20. The van der Waals surface area contributed by atoms with Gasteiger partial charge >= 0.3 is 5.97 Å². The quantitative estimate of drug-likeness (QED) is 0.778. The van der Waals surface area contributed by atoms with Crippen molar-refractivity contribution < 1.29 is 14.3 Å². The highest BCUT2D eigenvalue weighted by Crippen LogP contribution is 2.27. The molecule has 1 fully saturated rings. The fraction of sp³-hybridized carbons (Fsp3) is 0.467. The Hall–Kier alpha value is -1.84. The Morgan fingerprint density at radius 1 is 1.26 bits per heavy atom. The van der Waals surface area contributed by atoms with Crippen molar-refractivity contribution in [3.05, 3.63) is 35.9 Å². The molecule has 1 heterocycles. The van der Waals surface area contributed by atoms with Gasteiger partial charge in [0.1, 0.15) is 0 Å². The molecule has 19 heavy (non-hydrogen) atoms. The molecule has 0 N–H and O–H groups in total. The summed E-state index contributed by atoms with van der Waals surface area (Å²) in [5, 5.41) is 0. The maximum atomic E-state index is 12.0. The number of nitrogens with zero attached hydrogens (tertiary/aromatic N) is 1. The first-order valence-corrected chi connectivity index (χ1v) is 6.60.